The molecule has 6 nitrogen and oxygen atoms in total. The molecule has 1 amide bonds. The van der Waals surface area contributed by atoms with Gasteiger partial charge >= 0.3 is 0 Å². The van der Waals surface area contributed by atoms with E-state index in [2.05, 4.69) is 26.3 Å². The van der Waals surface area contributed by atoms with Crippen LogP contribution >= 0.6 is 15.9 Å². The molecule has 0 spiro atoms. The molecule has 0 fully saturated rings. The Morgan fingerprint density at radius 2 is 2.22 bits per heavy atom. The van der Waals surface area contributed by atoms with Crippen LogP contribution in [-0.4, -0.2) is 40.0 Å². The first-order valence-corrected chi connectivity index (χ1v) is 8.33. The second-order valence-electron chi connectivity index (χ2n) is 5.44. The molecule has 3 rings (SSSR count). The van der Waals surface area contributed by atoms with E-state index in [0.717, 1.165) is 18.5 Å². The van der Waals surface area contributed by atoms with Crippen LogP contribution in [-0.2, 0) is 13.0 Å². The lowest BCUT2D eigenvalue weighted by Gasteiger charge is -2.15. The molecule has 0 bridgehead atoms. The predicted octanol–water partition coefficient (Wildman–Crippen LogP) is 1.76. The van der Waals surface area contributed by atoms with Gasteiger partial charge in [0.1, 0.15) is 4.47 Å². The smallest absolute Gasteiger partial charge is 0.273 e. The molecule has 2 N–H and O–H groups in total. The molecule has 0 radical (unpaired) electrons. The Labute approximate surface area is 142 Å². The SMILES string of the molecule is O=C(NC(CO)Cc1ccccc1)c1nn2c(c1Br)OCCC2. The summed E-state index contributed by atoms with van der Waals surface area (Å²) in [6, 6.07) is 9.37. The molecule has 7 heteroatoms. The van der Waals surface area contributed by atoms with E-state index in [1.807, 2.05) is 30.3 Å². The fourth-order valence-electron chi connectivity index (χ4n) is 2.56. The number of aryl methyl sites for hydroxylation is 1. The number of benzene rings is 1. The van der Waals surface area contributed by atoms with Crippen molar-refractivity contribution in [3.05, 3.63) is 46.1 Å². The third-order valence-electron chi connectivity index (χ3n) is 3.70. The number of nitrogens with one attached hydrogen (secondary N) is 1. The quantitative estimate of drug-likeness (QED) is 0.829. The highest BCUT2D eigenvalue weighted by Crippen LogP contribution is 2.31. The van der Waals surface area contributed by atoms with E-state index in [1.54, 1.807) is 4.68 Å². The number of aliphatic hydroxyl groups is 1. The summed E-state index contributed by atoms with van der Waals surface area (Å²) < 4.78 is 7.79. The number of ether oxygens (including phenoxy) is 1. The number of rotatable bonds is 5. The number of carbonyl (C=O) groups excluding carboxylic acids is 1. The molecule has 1 aromatic heterocycles. The zero-order chi connectivity index (χ0) is 16.2. The van der Waals surface area contributed by atoms with Gasteiger partial charge in [-0.2, -0.15) is 5.10 Å². The van der Waals surface area contributed by atoms with Gasteiger partial charge in [-0.15, -0.1) is 0 Å². The molecule has 23 heavy (non-hydrogen) atoms. The lowest BCUT2D eigenvalue weighted by Crippen LogP contribution is -2.39. The van der Waals surface area contributed by atoms with E-state index < -0.39 is 0 Å². The van der Waals surface area contributed by atoms with Gasteiger partial charge in [-0.3, -0.25) is 4.79 Å². The number of hydrogen-bond donors (Lipinski definition) is 2. The monoisotopic (exact) mass is 379 g/mol. The maximum Gasteiger partial charge on any atom is 0.273 e. The number of nitrogens with zero attached hydrogens (tertiary/aromatic N) is 2. The lowest BCUT2D eigenvalue weighted by molar-refractivity contribution is 0.0909. The number of fused-ring (bicyclic) bond motifs is 1. The van der Waals surface area contributed by atoms with Crippen LogP contribution in [0.15, 0.2) is 34.8 Å². The third kappa shape index (κ3) is 3.56. The number of amides is 1. The summed E-state index contributed by atoms with van der Waals surface area (Å²) in [6.45, 7) is 1.22. The van der Waals surface area contributed by atoms with E-state index in [1.165, 1.54) is 0 Å². The van der Waals surface area contributed by atoms with Crippen LogP contribution in [0.5, 0.6) is 5.88 Å². The average molecular weight is 380 g/mol. The Bertz CT molecular complexity index is 687. The number of aliphatic hydroxyl groups excluding tert-OH is 1. The highest BCUT2D eigenvalue weighted by molar-refractivity contribution is 9.10. The van der Waals surface area contributed by atoms with Crippen molar-refractivity contribution in [2.45, 2.75) is 25.4 Å². The van der Waals surface area contributed by atoms with Crippen molar-refractivity contribution in [3.63, 3.8) is 0 Å². The molecule has 0 aliphatic carbocycles. The van der Waals surface area contributed by atoms with Crippen LogP contribution in [0.2, 0.25) is 0 Å². The van der Waals surface area contributed by atoms with Gasteiger partial charge in [-0.1, -0.05) is 30.3 Å². The van der Waals surface area contributed by atoms with Crippen LogP contribution in [0.4, 0.5) is 0 Å². The first kappa shape index (κ1) is 16.0. The molecule has 1 atom stereocenters. The second kappa shape index (κ2) is 7.14. The standard InChI is InChI=1S/C16H18BrN3O3/c17-13-14(19-20-7-4-8-23-16(13)20)15(22)18-12(10-21)9-11-5-2-1-3-6-11/h1-3,5-6,12,21H,4,7-10H2,(H,18,22). The van der Waals surface area contributed by atoms with Gasteiger partial charge < -0.3 is 15.2 Å². The van der Waals surface area contributed by atoms with Crippen molar-refractivity contribution in [2.24, 2.45) is 0 Å². The molecule has 0 saturated heterocycles. The Morgan fingerprint density at radius 1 is 1.43 bits per heavy atom. The average Bonchev–Trinajstić information content (AvgIpc) is 2.92. The van der Waals surface area contributed by atoms with Crippen molar-refractivity contribution < 1.29 is 14.6 Å². The Morgan fingerprint density at radius 3 is 2.91 bits per heavy atom. The summed E-state index contributed by atoms with van der Waals surface area (Å²) in [7, 11) is 0. The van der Waals surface area contributed by atoms with Crippen molar-refractivity contribution in [1.29, 1.82) is 0 Å². The molecule has 1 aromatic carbocycles. The molecule has 1 aliphatic heterocycles. The summed E-state index contributed by atoms with van der Waals surface area (Å²) in [6.07, 6.45) is 1.43. The largest absolute Gasteiger partial charge is 0.477 e. The number of halogens is 1. The van der Waals surface area contributed by atoms with E-state index >= 15 is 0 Å². The van der Waals surface area contributed by atoms with Gasteiger partial charge in [0.25, 0.3) is 5.91 Å². The van der Waals surface area contributed by atoms with Crippen molar-refractivity contribution >= 4 is 21.8 Å². The van der Waals surface area contributed by atoms with Gasteiger partial charge in [0.15, 0.2) is 5.69 Å². The summed E-state index contributed by atoms with van der Waals surface area (Å²) in [5, 5.41) is 16.7. The molecular formula is C16H18BrN3O3. The van der Waals surface area contributed by atoms with E-state index in [9.17, 15) is 9.90 Å². The molecule has 2 heterocycles. The van der Waals surface area contributed by atoms with E-state index in [4.69, 9.17) is 4.74 Å². The zero-order valence-electron chi connectivity index (χ0n) is 12.5. The number of carbonyl (C=O) groups is 1. The van der Waals surface area contributed by atoms with Crippen LogP contribution in [0.3, 0.4) is 0 Å². The molecule has 122 valence electrons. The zero-order valence-corrected chi connectivity index (χ0v) is 14.1. The minimum atomic E-state index is -0.364. The van der Waals surface area contributed by atoms with Crippen LogP contribution in [0.1, 0.15) is 22.5 Å². The fraction of sp³-hybridized carbons (Fsp3) is 0.375. The van der Waals surface area contributed by atoms with Crippen LogP contribution < -0.4 is 10.1 Å². The first-order valence-electron chi connectivity index (χ1n) is 7.53. The van der Waals surface area contributed by atoms with E-state index in [0.29, 0.717) is 23.4 Å². The minimum absolute atomic E-state index is 0.137. The van der Waals surface area contributed by atoms with Gasteiger partial charge in [0, 0.05) is 13.0 Å². The summed E-state index contributed by atoms with van der Waals surface area (Å²) in [5.41, 5.74) is 1.34. The topological polar surface area (TPSA) is 76.4 Å². The Kier molecular flexibility index (Phi) is 4.97. The normalized spacial score (nSPS) is 14.7. The Balaban J connectivity index is 1.71. The minimum Gasteiger partial charge on any atom is -0.477 e. The van der Waals surface area contributed by atoms with Gasteiger partial charge in [-0.25, -0.2) is 4.68 Å². The van der Waals surface area contributed by atoms with Gasteiger partial charge in [0.05, 0.1) is 19.3 Å². The number of aromatic nitrogens is 2. The van der Waals surface area contributed by atoms with Gasteiger partial charge in [0.2, 0.25) is 5.88 Å². The predicted molar refractivity (Wildman–Crippen MR) is 88.5 cm³/mol. The second-order valence-corrected chi connectivity index (χ2v) is 6.23. The van der Waals surface area contributed by atoms with Crippen molar-refractivity contribution in [1.82, 2.24) is 15.1 Å². The van der Waals surface area contributed by atoms with Crippen molar-refractivity contribution in [3.8, 4) is 5.88 Å². The highest BCUT2D eigenvalue weighted by Gasteiger charge is 2.25. The first-order chi connectivity index (χ1) is 11.2. The molecule has 1 aliphatic rings. The summed E-state index contributed by atoms with van der Waals surface area (Å²) in [4.78, 5) is 12.5. The maximum absolute atomic E-state index is 12.5. The highest BCUT2D eigenvalue weighted by atomic mass is 79.9. The molecule has 1 unspecified atom stereocenters. The molecule has 2 aromatic rings. The van der Waals surface area contributed by atoms with Crippen molar-refractivity contribution in [2.75, 3.05) is 13.2 Å². The van der Waals surface area contributed by atoms with E-state index in [-0.39, 0.29) is 24.2 Å². The van der Waals surface area contributed by atoms with Gasteiger partial charge in [-0.05, 0) is 27.9 Å². The van der Waals surface area contributed by atoms with Crippen LogP contribution in [0, 0.1) is 0 Å². The lowest BCUT2D eigenvalue weighted by atomic mass is 10.1. The third-order valence-corrected chi connectivity index (χ3v) is 4.41. The molecule has 0 saturated carbocycles. The Hall–Kier alpha value is -1.86. The maximum atomic E-state index is 12.5. The summed E-state index contributed by atoms with van der Waals surface area (Å²) >= 11 is 3.38. The molecular weight excluding hydrogens is 362 g/mol. The fourth-order valence-corrected chi connectivity index (χ4v) is 3.13. The number of hydrogen-bond acceptors (Lipinski definition) is 4. The van der Waals surface area contributed by atoms with Crippen LogP contribution in [0.25, 0.3) is 0 Å². The summed E-state index contributed by atoms with van der Waals surface area (Å²) in [5.74, 6) is 0.266.